The fourth-order valence-electron chi connectivity index (χ4n) is 4.28. The van der Waals surface area contributed by atoms with Crippen LogP contribution in [0.4, 0.5) is 0 Å². The van der Waals surface area contributed by atoms with Gasteiger partial charge in [-0.1, -0.05) is 37.3 Å². The number of carbonyl (C=O) groups is 1. The summed E-state index contributed by atoms with van der Waals surface area (Å²) in [6.07, 6.45) is 7.05. The number of para-hydroxylation sites is 1. The molecule has 5 rings (SSSR count). The predicted molar refractivity (Wildman–Crippen MR) is 150 cm³/mol. The van der Waals surface area contributed by atoms with E-state index in [2.05, 4.69) is 21.2 Å². The van der Waals surface area contributed by atoms with E-state index in [9.17, 15) is 4.79 Å². The van der Waals surface area contributed by atoms with Crippen molar-refractivity contribution in [1.82, 2.24) is 9.58 Å². The topological polar surface area (TPSA) is 92.3 Å². The number of methoxy groups -OCH3 is 1. The highest BCUT2D eigenvalue weighted by molar-refractivity contribution is 8.26. The van der Waals surface area contributed by atoms with Gasteiger partial charge in [0.15, 0.2) is 17.3 Å². The number of aliphatic imine (C=N–C) groups is 1. The zero-order chi connectivity index (χ0) is 25.9. The number of hydrazone groups is 1. The maximum absolute atomic E-state index is 12.8. The lowest BCUT2D eigenvalue weighted by Crippen LogP contribution is -2.35. The number of benzene rings is 2. The molecular formula is C28H27N5O3S. The molecule has 0 fully saturated rings. The zero-order valence-electron chi connectivity index (χ0n) is 20.7. The minimum atomic E-state index is -0.427. The first kappa shape index (κ1) is 24.6. The van der Waals surface area contributed by atoms with Gasteiger partial charge in [0, 0.05) is 22.7 Å². The molecule has 2 aliphatic heterocycles. The first-order valence-electron chi connectivity index (χ1n) is 12.0. The van der Waals surface area contributed by atoms with Crippen LogP contribution in [0.3, 0.4) is 0 Å². The van der Waals surface area contributed by atoms with Crippen LogP contribution < -0.4 is 9.47 Å². The molecular weight excluding hydrogens is 486 g/mol. The number of allylic oxidation sites excluding steroid dienone is 1. The monoisotopic (exact) mass is 513 g/mol. The van der Waals surface area contributed by atoms with Crippen LogP contribution >= 0.6 is 11.8 Å². The lowest BCUT2D eigenvalue weighted by molar-refractivity contribution is -0.114. The van der Waals surface area contributed by atoms with E-state index in [1.165, 1.54) is 16.8 Å². The van der Waals surface area contributed by atoms with Crippen LogP contribution in [0, 0.1) is 5.41 Å². The number of nitrogens with one attached hydrogen (secondary N) is 1. The van der Waals surface area contributed by atoms with Crippen LogP contribution in [0.5, 0.6) is 11.5 Å². The number of hydrogen-bond donors (Lipinski definition) is 1. The summed E-state index contributed by atoms with van der Waals surface area (Å²) >= 11 is 1.34. The van der Waals surface area contributed by atoms with Crippen molar-refractivity contribution >= 4 is 50.7 Å². The molecule has 0 saturated carbocycles. The highest BCUT2D eigenvalue weighted by Crippen LogP contribution is 2.31. The van der Waals surface area contributed by atoms with Gasteiger partial charge in [0.2, 0.25) is 5.17 Å². The molecule has 0 unspecified atom stereocenters. The van der Waals surface area contributed by atoms with Crippen molar-refractivity contribution in [1.29, 1.82) is 5.41 Å². The summed E-state index contributed by atoms with van der Waals surface area (Å²) in [7, 11) is 1.63. The lowest BCUT2D eigenvalue weighted by Gasteiger charge is -2.20. The van der Waals surface area contributed by atoms with Crippen LogP contribution in [0.2, 0.25) is 0 Å². The highest BCUT2D eigenvalue weighted by Gasteiger charge is 2.35. The van der Waals surface area contributed by atoms with Crippen molar-refractivity contribution in [3.05, 3.63) is 78.0 Å². The Kier molecular flexibility index (Phi) is 6.96. The Morgan fingerprint density at radius 1 is 1.19 bits per heavy atom. The van der Waals surface area contributed by atoms with Crippen molar-refractivity contribution in [2.24, 2.45) is 10.1 Å². The number of carbonyl (C=O) groups excluding carboxylic acids is 1. The fourth-order valence-corrected chi connectivity index (χ4v) is 5.11. The van der Waals surface area contributed by atoms with Gasteiger partial charge in [0.05, 0.1) is 19.2 Å². The lowest BCUT2D eigenvalue weighted by atomic mass is 10.1. The second-order valence-corrected chi connectivity index (χ2v) is 9.53. The third-order valence-electron chi connectivity index (χ3n) is 6.12. The third-order valence-corrected chi connectivity index (χ3v) is 7.17. The molecule has 2 aliphatic rings. The largest absolute Gasteiger partial charge is 0.493 e. The molecule has 37 heavy (non-hydrogen) atoms. The summed E-state index contributed by atoms with van der Waals surface area (Å²) < 4.78 is 13.7. The molecule has 0 spiro atoms. The third kappa shape index (κ3) is 4.82. The maximum Gasteiger partial charge on any atom is 0.283 e. The molecule has 188 valence electrons. The number of amides is 1. The SMILES string of the molecule is C=CCc1ccc(OCCn2cc(C=C3C(=N)N4N=C(CC)SC4=NC3=O)c3ccccc32)c(OC)c1. The molecule has 9 heteroatoms. The zero-order valence-corrected chi connectivity index (χ0v) is 21.5. The van der Waals surface area contributed by atoms with Crippen LogP contribution in [0.25, 0.3) is 17.0 Å². The van der Waals surface area contributed by atoms with Crippen LogP contribution in [-0.2, 0) is 17.8 Å². The van der Waals surface area contributed by atoms with E-state index >= 15 is 0 Å². The van der Waals surface area contributed by atoms with E-state index in [1.54, 1.807) is 13.2 Å². The van der Waals surface area contributed by atoms with Crippen molar-refractivity contribution in [2.75, 3.05) is 13.7 Å². The van der Waals surface area contributed by atoms with E-state index < -0.39 is 5.91 Å². The molecule has 3 heterocycles. The number of nitrogens with zero attached hydrogens (tertiary/aromatic N) is 4. The normalized spacial score (nSPS) is 16.2. The van der Waals surface area contributed by atoms with E-state index in [4.69, 9.17) is 14.9 Å². The average Bonchev–Trinajstić information content (AvgIpc) is 3.49. The number of hydrogen-bond acceptors (Lipinski definition) is 6. The number of amidine groups is 2. The van der Waals surface area contributed by atoms with Gasteiger partial charge < -0.3 is 14.0 Å². The van der Waals surface area contributed by atoms with Gasteiger partial charge in [0.1, 0.15) is 11.7 Å². The van der Waals surface area contributed by atoms with Crippen LogP contribution in [-0.4, -0.2) is 45.2 Å². The van der Waals surface area contributed by atoms with Crippen LogP contribution in [0.1, 0.15) is 24.5 Å². The molecule has 0 radical (unpaired) electrons. The minimum absolute atomic E-state index is 0.0399. The molecule has 0 saturated heterocycles. The summed E-state index contributed by atoms with van der Waals surface area (Å²) in [6.45, 7) is 6.78. The average molecular weight is 514 g/mol. The van der Waals surface area contributed by atoms with Gasteiger partial charge in [-0.25, -0.2) is 0 Å². The Bertz CT molecular complexity index is 1500. The Balaban J connectivity index is 1.39. The minimum Gasteiger partial charge on any atom is -0.493 e. The van der Waals surface area contributed by atoms with Crippen molar-refractivity contribution in [3.8, 4) is 11.5 Å². The molecule has 1 aromatic heterocycles. The first-order valence-corrected chi connectivity index (χ1v) is 12.8. The predicted octanol–water partition coefficient (Wildman–Crippen LogP) is 5.49. The van der Waals surface area contributed by atoms with Gasteiger partial charge in [-0.15, -0.1) is 6.58 Å². The second kappa shape index (κ2) is 10.5. The summed E-state index contributed by atoms with van der Waals surface area (Å²) in [4.78, 5) is 17.0. The Hall–Kier alpha value is -4.11. The smallest absolute Gasteiger partial charge is 0.283 e. The number of ether oxygens (including phenoxy) is 2. The molecule has 0 bridgehead atoms. The van der Waals surface area contributed by atoms with Gasteiger partial charge in [-0.3, -0.25) is 10.2 Å². The summed E-state index contributed by atoms with van der Waals surface area (Å²) in [5.74, 6) is 0.978. The van der Waals surface area contributed by atoms with Gasteiger partial charge in [0.25, 0.3) is 5.91 Å². The Labute approximate surface area is 219 Å². The van der Waals surface area contributed by atoms with Crippen molar-refractivity contribution in [2.45, 2.75) is 26.3 Å². The quantitative estimate of drug-likeness (QED) is 0.302. The van der Waals surface area contributed by atoms with Gasteiger partial charge in [-0.2, -0.15) is 15.1 Å². The molecule has 0 aliphatic carbocycles. The fraction of sp³-hybridized carbons (Fsp3) is 0.214. The van der Waals surface area contributed by atoms with Gasteiger partial charge in [-0.05, 0) is 54.4 Å². The Morgan fingerprint density at radius 2 is 2.03 bits per heavy atom. The van der Waals surface area contributed by atoms with E-state index in [-0.39, 0.29) is 11.4 Å². The summed E-state index contributed by atoms with van der Waals surface area (Å²) in [5, 5.41) is 16.7. The highest BCUT2D eigenvalue weighted by atomic mass is 32.2. The number of rotatable bonds is 9. The molecule has 0 atom stereocenters. The maximum atomic E-state index is 12.8. The molecule has 2 aromatic carbocycles. The van der Waals surface area contributed by atoms with E-state index in [0.29, 0.717) is 29.8 Å². The standard InChI is InChI=1S/C28H27N5O3S/c1-4-8-18-11-12-23(24(15-18)35-3)36-14-13-32-17-19(20-9-6-7-10-22(20)32)16-21-26(29)33-28(30-27(21)34)37-25(5-2)31-33/h4,6-7,9-12,15-17,29H,1,5,8,13-14H2,2-3H3. The first-order chi connectivity index (χ1) is 18.0. The molecule has 1 N–H and O–H groups in total. The molecule has 1 amide bonds. The van der Waals surface area contributed by atoms with Crippen LogP contribution in [0.15, 0.2) is 77.0 Å². The van der Waals surface area contributed by atoms with Gasteiger partial charge >= 0.3 is 0 Å². The van der Waals surface area contributed by atoms with Crippen molar-refractivity contribution in [3.63, 3.8) is 0 Å². The number of thioether (sulfide) groups is 1. The van der Waals surface area contributed by atoms with E-state index in [0.717, 1.165) is 39.9 Å². The molecule has 8 nitrogen and oxygen atoms in total. The molecule has 3 aromatic rings. The Morgan fingerprint density at radius 3 is 2.81 bits per heavy atom. The van der Waals surface area contributed by atoms with Crippen molar-refractivity contribution < 1.29 is 14.3 Å². The number of aromatic nitrogens is 1. The van der Waals surface area contributed by atoms with E-state index in [1.807, 2.05) is 61.7 Å². The second-order valence-electron chi connectivity index (χ2n) is 8.49. The number of fused-ring (bicyclic) bond motifs is 2. The summed E-state index contributed by atoms with van der Waals surface area (Å²) in [5.41, 5.74) is 3.17. The summed E-state index contributed by atoms with van der Waals surface area (Å²) in [6, 6.07) is 13.9.